The first-order valence-electron chi connectivity index (χ1n) is 27.0. The van der Waals surface area contributed by atoms with Crippen LogP contribution in [0.3, 0.4) is 0 Å². The number of unbranched alkanes of at least 4 members (excludes halogenated alkanes) is 2. The Balaban J connectivity index is -0.000000189. The summed E-state index contributed by atoms with van der Waals surface area (Å²) in [7, 11) is 27.2. The molecule has 0 aromatic heterocycles. The molecule has 0 spiro atoms. The van der Waals surface area contributed by atoms with Gasteiger partial charge in [0.1, 0.15) is 11.6 Å². The normalized spacial score (nSPS) is 12.2. The van der Waals surface area contributed by atoms with Gasteiger partial charge in [-0.1, -0.05) is 40.5 Å². The lowest BCUT2D eigenvalue weighted by atomic mass is 10.0. The van der Waals surface area contributed by atoms with Gasteiger partial charge in [0.2, 0.25) is 0 Å². The van der Waals surface area contributed by atoms with E-state index in [1.165, 1.54) is 86.8 Å². The van der Waals surface area contributed by atoms with Gasteiger partial charge in [-0.25, -0.2) is 0 Å². The van der Waals surface area contributed by atoms with Crippen LogP contribution in [0.4, 0.5) is 0 Å². The van der Waals surface area contributed by atoms with E-state index in [0.29, 0.717) is 38.2 Å². The van der Waals surface area contributed by atoms with Gasteiger partial charge in [0.05, 0.1) is 65.4 Å². The summed E-state index contributed by atoms with van der Waals surface area (Å²) >= 11 is 0. The number of aliphatic hydroxyl groups is 1. The first-order chi connectivity index (χ1) is 34.9. The predicted octanol–water partition coefficient (Wildman–Crippen LogP) is 5.69. The van der Waals surface area contributed by atoms with E-state index in [1.54, 1.807) is 14.0 Å². The third-order valence-corrected chi connectivity index (χ3v) is 11.1. The molecule has 444 valence electrons. The molecule has 19 nitrogen and oxygen atoms in total. The minimum absolute atomic E-state index is 0.0573. The SMILES string of the molecule is CCC(CC(=O)OC)C(=O)OC.CCC(CCC(=O)OC)C(=O)OC.CCCC(=O)CCCN(C)C.CCCCN(CCCN(C)C)CCCN(C)C.CNCCCCC(NC)C(C)=O.COCC(O)CN(C)C. The van der Waals surface area contributed by atoms with Crippen LogP contribution in [-0.2, 0) is 52.5 Å². The highest BCUT2D eigenvalue weighted by atomic mass is 16.5. The first-order valence-corrected chi connectivity index (χ1v) is 27.0. The summed E-state index contributed by atoms with van der Waals surface area (Å²) in [5.74, 6) is -1.20. The Morgan fingerprint density at radius 1 is 0.527 bits per heavy atom. The topological polar surface area (TPSA) is 209 Å². The molecule has 0 saturated heterocycles. The minimum atomic E-state index is -0.382. The average molecular weight is 1070 g/mol. The van der Waals surface area contributed by atoms with Crippen LogP contribution in [-0.4, -0.2) is 242 Å². The van der Waals surface area contributed by atoms with E-state index in [-0.39, 0.29) is 66.5 Å². The van der Waals surface area contributed by atoms with Crippen LogP contribution in [0.5, 0.6) is 0 Å². The molecule has 0 radical (unpaired) electrons. The van der Waals surface area contributed by atoms with Gasteiger partial charge in [-0.05, 0) is 187 Å². The quantitative estimate of drug-likeness (QED) is 0.0388. The number of methoxy groups -OCH3 is 5. The number of hydrogen-bond donors (Lipinski definition) is 3. The van der Waals surface area contributed by atoms with Gasteiger partial charge in [-0.3, -0.25) is 28.8 Å². The number of nitrogens with zero attached hydrogens (tertiary/aromatic N) is 5. The molecule has 0 fully saturated rings. The summed E-state index contributed by atoms with van der Waals surface area (Å²) < 4.78 is 22.7. The molecule has 4 unspecified atom stereocenters. The molecule has 0 rings (SSSR count). The second kappa shape index (κ2) is 60.7. The van der Waals surface area contributed by atoms with Gasteiger partial charge in [-0.2, -0.15) is 0 Å². The number of aliphatic hydroxyl groups excluding tert-OH is 1. The molecular weight excluding hydrogens is 951 g/mol. The van der Waals surface area contributed by atoms with Gasteiger partial charge >= 0.3 is 23.9 Å². The molecule has 0 saturated carbocycles. The Bertz CT molecular complexity index is 1280. The first kappa shape index (κ1) is 82.2. The smallest absolute Gasteiger partial charge is 0.309 e. The van der Waals surface area contributed by atoms with E-state index in [2.05, 4.69) is 84.3 Å². The summed E-state index contributed by atoms with van der Waals surface area (Å²) in [5.41, 5.74) is 0. The van der Waals surface area contributed by atoms with Crippen molar-refractivity contribution in [3.05, 3.63) is 0 Å². The zero-order chi connectivity index (χ0) is 58.3. The minimum Gasteiger partial charge on any atom is -0.469 e. The van der Waals surface area contributed by atoms with Gasteiger partial charge in [0, 0.05) is 32.9 Å². The summed E-state index contributed by atoms with van der Waals surface area (Å²) in [6.07, 6.45) is 13.7. The second-order valence-electron chi connectivity index (χ2n) is 19.3. The van der Waals surface area contributed by atoms with Gasteiger partial charge in [-0.15, -0.1) is 0 Å². The van der Waals surface area contributed by atoms with Crippen LogP contribution >= 0.6 is 0 Å². The molecule has 0 amide bonds. The van der Waals surface area contributed by atoms with Crippen molar-refractivity contribution in [1.29, 1.82) is 0 Å². The molecule has 0 aliphatic carbocycles. The molecule has 3 N–H and O–H groups in total. The number of rotatable bonds is 37. The summed E-state index contributed by atoms with van der Waals surface area (Å²) in [4.78, 5) is 76.8. The van der Waals surface area contributed by atoms with Crippen LogP contribution in [0.1, 0.15) is 137 Å². The highest BCUT2D eigenvalue weighted by molar-refractivity contribution is 5.81. The second-order valence-corrected chi connectivity index (χ2v) is 19.3. The lowest BCUT2D eigenvalue weighted by Crippen LogP contribution is -2.32. The molecule has 4 atom stereocenters. The van der Waals surface area contributed by atoms with E-state index in [4.69, 9.17) is 9.84 Å². The fourth-order valence-electron chi connectivity index (χ4n) is 6.70. The van der Waals surface area contributed by atoms with Gasteiger partial charge in [0.15, 0.2) is 0 Å². The third kappa shape index (κ3) is 65.0. The number of ether oxygens (including phenoxy) is 5. The standard InChI is InChI=1S/C14H33N3.C9H20N2O.C9H19NO.C9H16O4.C8H14O4.C6H15NO2/c1-6-7-12-17(13-8-10-15(2)3)14-9-11-16(4)5;1-8(12)9(11-3)6-4-5-7-10-2;1-4-6-9(11)7-5-8-10(2)3;1-4-7(9(11)13-3)5-6-8(10)12-2;1-4-6(8(10)12-3)5-7(9)11-2;1-7(2)4-6(8)5-9-3/h6-14H2,1-5H3;9-11H,4-7H2,1-3H3;4-8H2,1-3H3;7H,4-6H2,1-3H3;6H,4-5H2,1-3H3;6,8H,4-5H2,1-3H3. The van der Waals surface area contributed by atoms with E-state index in [1.807, 2.05) is 68.0 Å². The molecule has 74 heavy (non-hydrogen) atoms. The number of nitrogens with one attached hydrogen (secondary N) is 2. The molecule has 0 aliphatic rings. The molecule has 0 bridgehead atoms. The molecule has 0 aromatic carbocycles. The van der Waals surface area contributed by atoms with Gasteiger partial charge in [0.25, 0.3) is 0 Å². The zero-order valence-corrected chi connectivity index (χ0v) is 51.2. The Morgan fingerprint density at radius 3 is 1.39 bits per heavy atom. The number of Topliss-reactive ketones (excluding diaryl/α,β-unsaturated/α-hetero) is 2. The summed E-state index contributed by atoms with van der Waals surface area (Å²) in [6.45, 7) is 19.0. The highest BCUT2D eigenvalue weighted by Gasteiger charge is 2.21. The van der Waals surface area contributed by atoms with E-state index in [0.717, 1.165) is 58.0 Å². The summed E-state index contributed by atoms with van der Waals surface area (Å²) in [6, 6.07) is 0.0573. The van der Waals surface area contributed by atoms with Gasteiger partial charge < -0.3 is 63.9 Å². The molecule has 0 aliphatic heterocycles. The maximum Gasteiger partial charge on any atom is 0.309 e. The van der Waals surface area contributed by atoms with Crippen LogP contribution in [0.2, 0.25) is 0 Å². The lowest BCUT2D eigenvalue weighted by Gasteiger charge is -2.23. The molecular formula is C55H117N7O12. The van der Waals surface area contributed by atoms with Crippen LogP contribution in [0, 0.1) is 11.8 Å². The Kier molecular flexibility index (Phi) is 67.5. The predicted molar refractivity (Wildman–Crippen MR) is 303 cm³/mol. The maximum absolute atomic E-state index is 11.1. The largest absolute Gasteiger partial charge is 0.469 e. The molecule has 0 heterocycles. The fourth-order valence-corrected chi connectivity index (χ4v) is 6.70. The Hall–Kier alpha value is -3.14. The number of esters is 4. The zero-order valence-electron chi connectivity index (χ0n) is 51.2. The number of carbonyl (C=O) groups excluding carboxylic acids is 6. The molecule has 0 aromatic rings. The van der Waals surface area contributed by atoms with Crippen molar-refractivity contribution in [2.24, 2.45) is 11.8 Å². The van der Waals surface area contributed by atoms with Crippen LogP contribution in [0.15, 0.2) is 0 Å². The van der Waals surface area contributed by atoms with E-state index in [9.17, 15) is 28.8 Å². The van der Waals surface area contributed by atoms with E-state index >= 15 is 0 Å². The highest BCUT2D eigenvalue weighted by Crippen LogP contribution is 2.13. The van der Waals surface area contributed by atoms with Crippen molar-refractivity contribution in [2.45, 2.75) is 149 Å². The van der Waals surface area contributed by atoms with Crippen molar-refractivity contribution in [1.82, 2.24) is 35.1 Å². The van der Waals surface area contributed by atoms with Crippen molar-refractivity contribution < 1.29 is 57.6 Å². The fraction of sp³-hybridized carbons (Fsp3) is 0.891. The Labute approximate surface area is 453 Å². The monoisotopic (exact) mass is 1070 g/mol. The average Bonchev–Trinajstić information content (AvgIpc) is 3.34. The van der Waals surface area contributed by atoms with Crippen molar-refractivity contribution in [3.63, 3.8) is 0 Å². The maximum atomic E-state index is 11.1. The summed E-state index contributed by atoms with van der Waals surface area (Å²) in [5, 5.41) is 15.1. The number of carbonyl (C=O) groups is 6. The van der Waals surface area contributed by atoms with E-state index < -0.39 is 0 Å². The number of ketones is 2. The van der Waals surface area contributed by atoms with Crippen molar-refractivity contribution in [2.75, 3.05) is 165 Å². The number of likely N-dealkylation sites (N-methyl/N-ethyl adjacent to an activating group) is 2. The molecule has 19 heteroatoms. The van der Waals surface area contributed by atoms with Crippen LogP contribution in [0.25, 0.3) is 0 Å². The number of hydrogen-bond acceptors (Lipinski definition) is 19. The van der Waals surface area contributed by atoms with Crippen LogP contribution < -0.4 is 10.6 Å². The van der Waals surface area contributed by atoms with Crippen molar-refractivity contribution in [3.8, 4) is 0 Å². The Morgan fingerprint density at radius 2 is 1.01 bits per heavy atom. The van der Waals surface area contributed by atoms with Crippen molar-refractivity contribution >= 4 is 35.4 Å². The lowest BCUT2D eigenvalue weighted by molar-refractivity contribution is -0.152. The third-order valence-electron chi connectivity index (χ3n) is 11.1.